The molecule has 2 atom stereocenters. The average molecular weight is 240 g/mol. The summed E-state index contributed by atoms with van der Waals surface area (Å²) in [5.41, 5.74) is 0.999. The van der Waals surface area contributed by atoms with E-state index >= 15 is 0 Å². The quantitative estimate of drug-likeness (QED) is 0.707. The van der Waals surface area contributed by atoms with Gasteiger partial charge in [-0.05, 0) is 12.8 Å². The molecule has 0 saturated heterocycles. The van der Waals surface area contributed by atoms with Crippen molar-refractivity contribution in [1.29, 1.82) is 0 Å². The number of azo groups is 1. The van der Waals surface area contributed by atoms with Crippen LogP contribution in [0.15, 0.2) is 21.5 Å². The molecule has 6 heteroatoms. The van der Waals surface area contributed by atoms with E-state index in [0.717, 1.165) is 10.7 Å². The summed E-state index contributed by atoms with van der Waals surface area (Å²) >= 11 is 1.57. The van der Waals surface area contributed by atoms with Crippen molar-refractivity contribution in [3.8, 4) is 0 Å². The van der Waals surface area contributed by atoms with Crippen molar-refractivity contribution < 1.29 is 0 Å². The molecule has 1 aliphatic heterocycles. The third-order valence-corrected chi connectivity index (χ3v) is 3.41. The molecule has 15 heavy (non-hydrogen) atoms. The maximum absolute atomic E-state index is 4.54. The van der Waals surface area contributed by atoms with E-state index in [0.29, 0.717) is 11.7 Å². The zero-order valence-corrected chi connectivity index (χ0v) is 10.9. The standard InChI is InChI=1S/C9H13N4PS/c1-5(2)6-4-10-7-8(11-6)15-9(3,14)13-12-7/h4-5H,14H2,1-3H3. The van der Waals surface area contributed by atoms with Gasteiger partial charge in [-0.3, -0.25) is 0 Å². The van der Waals surface area contributed by atoms with Crippen LogP contribution < -0.4 is 0 Å². The van der Waals surface area contributed by atoms with Crippen LogP contribution in [0.4, 0.5) is 5.82 Å². The van der Waals surface area contributed by atoms with Gasteiger partial charge in [-0.15, -0.1) is 5.11 Å². The van der Waals surface area contributed by atoms with Crippen LogP contribution in [-0.2, 0) is 0 Å². The minimum Gasteiger partial charge on any atom is -0.240 e. The molecule has 0 bridgehead atoms. The highest BCUT2D eigenvalue weighted by atomic mass is 32.2. The van der Waals surface area contributed by atoms with E-state index in [1.165, 1.54) is 0 Å². The Labute approximate surface area is 95.6 Å². The second kappa shape index (κ2) is 3.80. The van der Waals surface area contributed by atoms with Crippen molar-refractivity contribution in [2.24, 2.45) is 10.2 Å². The predicted molar refractivity (Wildman–Crippen MR) is 64.6 cm³/mol. The highest BCUT2D eigenvalue weighted by Gasteiger charge is 2.26. The van der Waals surface area contributed by atoms with Crippen LogP contribution in [0.3, 0.4) is 0 Å². The predicted octanol–water partition coefficient (Wildman–Crippen LogP) is 3.34. The molecular weight excluding hydrogens is 227 g/mol. The van der Waals surface area contributed by atoms with Crippen molar-refractivity contribution >= 4 is 26.8 Å². The van der Waals surface area contributed by atoms with Gasteiger partial charge in [-0.2, -0.15) is 5.11 Å². The number of thioether (sulfide) groups is 1. The molecule has 2 heterocycles. The summed E-state index contributed by atoms with van der Waals surface area (Å²) in [4.78, 5) is 8.79. The smallest absolute Gasteiger partial charge is 0.206 e. The number of hydrogen-bond donors (Lipinski definition) is 0. The Hall–Kier alpha value is -0.540. The minimum absolute atomic E-state index is 0.308. The average Bonchev–Trinajstić information content (AvgIpc) is 2.15. The van der Waals surface area contributed by atoms with E-state index in [-0.39, 0.29) is 4.61 Å². The van der Waals surface area contributed by atoms with Crippen molar-refractivity contribution in [2.45, 2.75) is 36.3 Å². The molecule has 1 aromatic rings. The highest BCUT2D eigenvalue weighted by molar-refractivity contribution is 8.04. The minimum atomic E-state index is -0.308. The number of rotatable bonds is 1. The molecular formula is C9H13N4PS. The Kier molecular flexibility index (Phi) is 2.77. The number of hydrogen-bond acceptors (Lipinski definition) is 5. The number of aromatic nitrogens is 2. The molecule has 0 aliphatic carbocycles. The molecule has 80 valence electrons. The highest BCUT2D eigenvalue weighted by Crippen LogP contribution is 2.46. The van der Waals surface area contributed by atoms with E-state index in [1.807, 2.05) is 6.92 Å². The van der Waals surface area contributed by atoms with Crippen molar-refractivity contribution in [3.05, 3.63) is 11.9 Å². The lowest BCUT2D eigenvalue weighted by Gasteiger charge is -2.21. The van der Waals surface area contributed by atoms with Gasteiger partial charge < -0.3 is 0 Å². The van der Waals surface area contributed by atoms with Crippen molar-refractivity contribution in [1.82, 2.24) is 9.97 Å². The maximum atomic E-state index is 4.54. The lowest BCUT2D eigenvalue weighted by atomic mass is 10.1. The zero-order chi connectivity index (χ0) is 11.1. The first-order valence-corrected chi connectivity index (χ1v) is 6.15. The molecule has 0 spiro atoms. The molecule has 1 aliphatic rings. The van der Waals surface area contributed by atoms with Gasteiger partial charge in [0, 0.05) is 0 Å². The lowest BCUT2D eigenvalue weighted by Crippen LogP contribution is -2.09. The first-order chi connectivity index (χ1) is 6.98. The summed E-state index contributed by atoms with van der Waals surface area (Å²) in [5.74, 6) is 1.02. The Morgan fingerprint density at radius 1 is 1.47 bits per heavy atom. The molecule has 0 aromatic carbocycles. The second-order valence-electron chi connectivity index (χ2n) is 3.94. The third kappa shape index (κ3) is 2.34. The molecule has 0 fully saturated rings. The van der Waals surface area contributed by atoms with Crippen LogP contribution in [0.2, 0.25) is 0 Å². The van der Waals surface area contributed by atoms with Crippen LogP contribution in [-0.4, -0.2) is 14.6 Å². The lowest BCUT2D eigenvalue weighted by molar-refractivity contribution is 0.767. The second-order valence-corrected chi connectivity index (χ2v) is 6.90. The third-order valence-electron chi connectivity index (χ3n) is 1.98. The SMILES string of the molecule is CC(C)c1cnc2c(n1)SC(C)(P)N=N2. The van der Waals surface area contributed by atoms with Crippen LogP contribution in [0.1, 0.15) is 32.4 Å². The van der Waals surface area contributed by atoms with Gasteiger partial charge in [0.15, 0.2) is 0 Å². The Morgan fingerprint density at radius 3 is 2.87 bits per heavy atom. The van der Waals surface area contributed by atoms with Crippen molar-refractivity contribution in [3.63, 3.8) is 0 Å². The number of fused-ring (bicyclic) bond motifs is 1. The summed E-state index contributed by atoms with van der Waals surface area (Å²) in [6, 6.07) is 0. The Bertz CT molecular complexity index is 417. The topological polar surface area (TPSA) is 50.5 Å². The fraction of sp³-hybridized carbons (Fsp3) is 0.556. The monoisotopic (exact) mass is 240 g/mol. The summed E-state index contributed by atoms with van der Waals surface area (Å²) in [7, 11) is 2.66. The van der Waals surface area contributed by atoms with E-state index in [4.69, 9.17) is 0 Å². The summed E-state index contributed by atoms with van der Waals surface area (Å²) in [6.45, 7) is 6.19. The molecule has 0 radical (unpaired) electrons. The summed E-state index contributed by atoms with van der Waals surface area (Å²) < 4.78 is -0.308. The molecule has 0 saturated carbocycles. The fourth-order valence-corrected chi connectivity index (χ4v) is 2.36. The first kappa shape index (κ1) is 11.0. The van der Waals surface area contributed by atoms with Gasteiger partial charge >= 0.3 is 0 Å². The molecule has 0 amide bonds. The molecule has 4 nitrogen and oxygen atoms in total. The first-order valence-electron chi connectivity index (χ1n) is 4.76. The zero-order valence-electron chi connectivity index (χ0n) is 8.93. The van der Waals surface area contributed by atoms with E-state index < -0.39 is 0 Å². The summed E-state index contributed by atoms with van der Waals surface area (Å²) in [6.07, 6.45) is 1.77. The van der Waals surface area contributed by atoms with Crippen LogP contribution in [0.5, 0.6) is 0 Å². The van der Waals surface area contributed by atoms with E-state index in [9.17, 15) is 0 Å². The van der Waals surface area contributed by atoms with E-state index in [1.54, 1.807) is 18.0 Å². The molecule has 2 rings (SSSR count). The maximum Gasteiger partial charge on any atom is 0.206 e. The molecule has 2 unspecified atom stereocenters. The number of nitrogens with zero attached hydrogens (tertiary/aromatic N) is 4. The van der Waals surface area contributed by atoms with Gasteiger partial charge in [0.2, 0.25) is 5.82 Å². The normalized spacial score (nSPS) is 24.3. The van der Waals surface area contributed by atoms with Gasteiger partial charge in [-0.25, -0.2) is 9.97 Å². The van der Waals surface area contributed by atoms with Gasteiger partial charge in [0.05, 0.1) is 11.9 Å². The Balaban J connectivity index is 2.42. The summed E-state index contributed by atoms with van der Waals surface area (Å²) in [5, 5.41) is 9.05. The fourth-order valence-electron chi connectivity index (χ4n) is 1.16. The molecule has 0 N–H and O–H groups in total. The van der Waals surface area contributed by atoms with Gasteiger partial charge in [0.25, 0.3) is 0 Å². The van der Waals surface area contributed by atoms with E-state index in [2.05, 4.69) is 43.3 Å². The van der Waals surface area contributed by atoms with Gasteiger partial charge in [-0.1, -0.05) is 34.8 Å². The van der Waals surface area contributed by atoms with Crippen LogP contribution in [0, 0.1) is 0 Å². The van der Waals surface area contributed by atoms with Crippen LogP contribution >= 0.6 is 21.0 Å². The van der Waals surface area contributed by atoms with Crippen molar-refractivity contribution in [2.75, 3.05) is 0 Å². The largest absolute Gasteiger partial charge is 0.240 e. The van der Waals surface area contributed by atoms with Gasteiger partial charge in [0.1, 0.15) is 9.64 Å². The molecule has 1 aromatic heterocycles. The van der Waals surface area contributed by atoms with Crippen LogP contribution in [0.25, 0.3) is 0 Å². The Morgan fingerprint density at radius 2 is 2.20 bits per heavy atom.